The zero-order valence-electron chi connectivity index (χ0n) is 16.6. The molecule has 0 spiro atoms. The first-order valence-electron chi connectivity index (χ1n) is 9.53. The first-order chi connectivity index (χ1) is 13.7. The number of hydrogen-bond donors (Lipinski definition) is 2. The number of hydrogen-bond acceptors (Lipinski definition) is 4. The Morgan fingerprint density at radius 2 is 1.66 bits per heavy atom. The molecule has 7 nitrogen and oxygen atoms in total. The Morgan fingerprint density at radius 3 is 2.31 bits per heavy atom. The number of carbonyl (C=O) groups excluding carboxylic acids is 2. The molecule has 1 fully saturated rings. The molecule has 29 heavy (non-hydrogen) atoms. The molecule has 1 aliphatic heterocycles. The summed E-state index contributed by atoms with van der Waals surface area (Å²) in [5.41, 5.74) is 2.35. The van der Waals surface area contributed by atoms with Crippen LogP contribution in [0.1, 0.15) is 45.5 Å². The lowest BCUT2D eigenvalue weighted by Crippen LogP contribution is -2.36. The number of amides is 2. The third-order valence-electron chi connectivity index (χ3n) is 4.83. The van der Waals surface area contributed by atoms with E-state index in [9.17, 15) is 18.0 Å². The molecule has 1 saturated heterocycles. The highest BCUT2D eigenvalue weighted by molar-refractivity contribution is 7.92. The minimum atomic E-state index is -3.40. The number of carbonyl (C=O) groups is 2. The van der Waals surface area contributed by atoms with Crippen LogP contribution in [0, 0.1) is 6.92 Å². The van der Waals surface area contributed by atoms with E-state index in [1.165, 1.54) is 0 Å². The molecular formula is C21H25N3O4S. The van der Waals surface area contributed by atoms with E-state index in [-0.39, 0.29) is 11.8 Å². The van der Waals surface area contributed by atoms with Gasteiger partial charge in [0.2, 0.25) is 10.0 Å². The predicted molar refractivity (Wildman–Crippen MR) is 114 cm³/mol. The summed E-state index contributed by atoms with van der Waals surface area (Å²) in [6.07, 6.45) is 4.19. The molecule has 0 aliphatic carbocycles. The van der Waals surface area contributed by atoms with Gasteiger partial charge in [-0.3, -0.25) is 14.3 Å². The molecule has 2 N–H and O–H groups in total. The number of rotatable bonds is 5. The van der Waals surface area contributed by atoms with Gasteiger partial charge in [0, 0.05) is 18.7 Å². The Labute approximate surface area is 171 Å². The minimum absolute atomic E-state index is 0.0792. The van der Waals surface area contributed by atoms with E-state index in [0.29, 0.717) is 28.1 Å². The standard InChI is InChI=1S/C21H25N3O4S/c1-15-14-16(10-11-18(15)23-29(2,27)28)20(25)22-19-9-5-4-8-17(19)21(26)24-12-6-3-7-13-24/h4-5,8-11,14,23H,3,6-7,12-13H2,1-2H3,(H,22,25). The molecule has 0 bridgehead atoms. The number of likely N-dealkylation sites (tertiary alicyclic amines) is 1. The van der Waals surface area contributed by atoms with Crippen molar-refractivity contribution in [3.63, 3.8) is 0 Å². The number of piperidine rings is 1. The fraction of sp³-hybridized carbons (Fsp3) is 0.333. The zero-order chi connectivity index (χ0) is 21.0. The summed E-state index contributed by atoms with van der Waals surface area (Å²) in [6, 6.07) is 11.7. The van der Waals surface area contributed by atoms with Gasteiger partial charge in [-0.2, -0.15) is 0 Å². The summed E-state index contributed by atoms with van der Waals surface area (Å²) >= 11 is 0. The first-order valence-corrected chi connectivity index (χ1v) is 11.4. The van der Waals surface area contributed by atoms with Crippen molar-refractivity contribution >= 4 is 33.2 Å². The van der Waals surface area contributed by atoms with Gasteiger partial charge in [0.25, 0.3) is 11.8 Å². The predicted octanol–water partition coefficient (Wildman–Crippen LogP) is 3.24. The highest BCUT2D eigenvalue weighted by Crippen LogP contribution is 2.22. The number of para-hydroxylation sites is 1. The van der Waals surface area contributed by atoms with Crippen molar-refractivity contribution in [3.8, 4) is 0 Å². The van der Waals surface area contributed by atoms with E-state index in [0.717, 1.165) is 38.6 Å². The van der Waals surface area contributed by atoms with Crippen molar-refractivity contribution in [2.24, 2.45) is 0 Å². The van der Waals surface area contributed by atoms with E-state index < -0.39 is 10.0 Å². The number of anilines is 2. The van der Waals surface area contributed by atoms with Crippen LogP contribution >= 0.6 is 0 Å². The smallest absolute Gasteiger partial charge is 0.255 e. The molecule has 0 saturated carbocycles. The van der Waals surface area contributed by atoms with E-state index in [2.05, 4.69) is 10.0 Å². The lowest BCUT2D eigenvalue weighted by Gasteiger charge is -2.27. The van der Waals surface area contributed by atoms with Crippen molar-refractivity contribution in [2.75, 3.05) is 29.4 Å². The maximum Gasteiger partial charge on any atom is 0.255 e. The van der Waals surface area contributed by atoms with Crippen LogP contribution in [0.5, 0.6) is 0 Å². The van der Waals surface area contributed by atoms with Gasteiger partial charge in [0.05, 0.1) is 23.2 Å². The van der Waals surface area contributed by atoms with Crippen LogP contribution in [0.15, 0.2) is 42.5 Å². The SMILES string of the molecule is Cc1cc(C(=O)Nc2ccccc2C(=O)N2CCCCC2)ccc1NS(C)(=O)=O. The van der Waals surface area contributed by atoms with Gasteiger partial charge in [-0.05, 0) is 62.1 Å². The maximum absolute atomic E-state index is 12.9. The number of benzene rings is 2. The Balaban J connectivity index is 1.79. The van der Waals surface area contributed by atoms with Crippen molar-refractivity contribution in [2.45, 2.75) is 26.2 Å². The summed E-state index contributed by atoms with van der Waals surface area (Å²) in [7, 11) is -3.40. The number of nitrogens with one attached hydrogen (secondary N) is 2. The molecular weight excluding hydrogens is 390 g/mol. The van der Waals surface area contributed by atoms with Crippen molar-refractivity contribution in [1.82, 2.24) is 4.90 Å². The normalized spacial score (nSPS) is 14.3. The van der Waals surface area contributed by atoms with Gasteiger partial charge in [-0.15, -0.1) is 0 Å². The second-order valence-corrected chi connectivity index (χ2v) is 9.00. The van der Waals surface area contributed by atoms with Crippen LogP contribution in [-0.4, -0.2) is 44.5 Å². The van der Waals surface area contributed by atoms with Crippen LogP contribution in [0.25, 0.3) is 0 Å². The quantitative estimate of drug-likeness (QED) is 0.784. The van der Waals surface area contributed by atoms with E-state index >= 15 is 0 Å². The molecule has 0 atom stereocenters. The van der Waals surface area contributed by atoms with Gasteiger partial charge in [-0.25, -0.2) is 8.42 Å². The van der Waals surface area contributed by atoms with Crippen molar-refractivity contribution in [1.29, 1.82) is 0 Å². The van der Waals surface area contributed by atoms with Crippen LogP contribution in [0.4, 0.5) is 11.4 Å². The third-order valence-corrected chi connectivity index (χ3v) is 5.42. The van der Waals surface area contributed by atoms with Crippen LogP contribution < -0.4 is 10.0 Å². The summed E-state index contributed by atoms with van der Waals surface area (Å²) in [5, 5.41) is 2.82. The Kier molecular flexibility index (Phi) is 6.22. The lowest BCUT2D eigenvalue weighted by molar-refractivity contribution is 0.0725. The third kappa shape index (κ3) is 5.35. The van der Waals surface area contributed by atoms with Gasteiger partial charge in [0.1, 0.15) is 0 Å². The Morgan fingerprint density at radius 1 is 0.966 bits per heavy atom. The highest BCUT2D eigenvalue weighted by atomic mass is 32.2. The first kappa shape index (κ1) is 20.9. The molecule has 2 aromatic carbocycles. The molecule has 0 aromatic heterocycles. The molecule has 2 amide bonds. The van der Waals surface area contributed by atoms with E-state index in [1.807, 2.05) is 4.90 Å². The lowest BCUT2D eigenvalue weighted by atomic mass is 10.1. The number of aryl methyl sites for hydroxylation is 1. The monoisotopic (exact) mass is 415 g/mol. The largest absolute Gasteiger partial charge is 0.339 e. The zero-order valence-corrected chi connectivity index (χ0v) is 17.4. The minimum Gasteiger partial charge on any atom is -0.339 e. The molecule has 2 aromatic rings. The van der Waals surface area contributed by atoms with Crippen LogP contribution in [0.2, 0.25) is 0 Å². The molecule has 1 heterocycles. The molecule has 8 heteroatoms. The number of sulfonamides is 1. The fourth-order valence-corrected chi connectivity index (χ4v) is 3.99. The van der Waals surface area contributed by atoms with Gasteiger partial charge in [0.15, 0.2) is 0 Å². The average Bonchev–Trinajstić information content (AvgIpc) is 2.69. The molecule has 1 aliphatic rings. The van der Waals surface area contributed by atoms with Crippen molar-refractivity contribution < 1.29 is 18.0 Å². The summed E-state index contributed by atoms with van der Waals surface area (Å²) < 4.78 is 25.3. The second kappa shape index (κ2) is 8.65. The van der Waals surface area contributed by atoms with Crippen LogP contribution in [0.3, 0.4) is 0 Å². The summed E-state index contributed by atoms with van der Waals surface area (Å²) in [4.78, 5) is 27.4. The highest BCUT2D eigenvalue weighted by Gasteiger charge is 2.21. The van der Waals surface area contributed by atoms with E-state index in [1.54, 1.807) is 49.4 Å². The topological polar surface area (TPSA) is 95.6 Å². The van der Waals surface area contributed by atoms with Crippen LogP contribution in [-0.2, 0) is 10.0 Å². The summed E-state index contributed by atoms with van der Waals surface area (Å²) in [5.74, 6) is -0.442. The number of nitrogens with zero attached hydrogens (tertiary/aromatic N) is 1. The average molecular weight is 416 g/mol. The van der Waals surface area contributed by atoms with E-state index in [4.69, 9.17) is 0 Å². The van der Waals surface area contributed by atoms with Crippen molar-refractivity contribution in [3.05, 3.63) is 59.2 Å². The maximum atomic E-state index is 12.9. The molecule has 3 rings (SSSR count). The molecule has 0 unspecified atom stereocenters. The van der Waals surface area contributed by atoms with Gasteiger partial charge < -0.3 is 10.2 Å². The van der Waals surface area contributed by atoms with Gasteiger partial charge >= 0.3 is 0 Å². The molecule has 0 radical (unpaired) electrons. The molecule has 154 valence electrons. The fourth-order valence-electron chi connectivity index (χ4n) is 3.36. The Bertz CT molecular complexity index is 1030. The Hall–Kier alpha value is -2.87. The summed E-state index contributed by atoms with van der Waals surface area (Å²) in [6.45, 7) is 3.18. The van der Waals surface area contributed by atoms with Gasteiger partial charge in [-0.1, -0.05) is 12.1 Å². The second-order valence-electron chi connectivity index (χ2n) is 7.26.